The lowest BCUT2D eigenvalue weighted by molar-refractivity contribution is -0.384. The Morgan fingerprint density at radius 2 is 1.92 bits per heavy atom. The smallest absolute Gasteiger partial charge is 0.410 e. The van der Waals surface area contributed by atoms with Crippen molar-refractivity contribution in [2.24, 2.45) is 5.11 Å². The Hall–Kier alpha value is -3.58. The van der Waals surface area contributed by atoms with Gasteiger partial charge in [0.05, 0.1) is 4.92 Å². The van der Waals surface area contributed by atoms with Crippen LogP contribution in [0.5, 0.6) is 5.75 Å². The summed E-state index contributed by atoms with van der Waals surface area (Å²) in [6.45, 7) is 0.0702. The van der Waals surface area contributed by atoms with Crippen LogP contribution in [0.1, 0.15) is 5.56 Å². The third kappa shape index (κ3) is 5.85. The molecule has 0 spiro atoms. The molecule has 9 nitrogen and oxygen atoms in total. The van der Waals surface area contributed by atoms with Crippen LogP contribution in [-0.4, -0.2) is 23.6 Å². The van der Waals surface area contributed by atoms with E-state index in [1.807, 2.05) is 30.3 Å². The number of nitro benzene ring substituents is 1. The van der Waals surface area contributed by atoms with Crippen molar-refractivity contribution in [1.82, 2.24) is 5.32 Å². The molecule has 128 valence electrons. The Morgan fingerprint density at radius 3 is 2.52 bits per heavy atom. The first-order valence-electron chi connectivity index (χ1n) is 7.36. The number of nitro groups is 1. The standard InChI is InChI=1S/C16H15N5O4/c17-20-18-11-13(10-12-4-2-1-3-5-12)19-16(22)25-15-8-6-14(7-9-15)21(23)24/h1-9,13H,10-11H2,(H,19,22)/t13-/m0/s1. The number of hydrogen-bond acceptors (Lipinski definition) is 5. The molecule has 0 aliphatic rings. The summed E-state index contributed by atoms with van der Waals surface area (Å²) in [7, 11) is 0. The molecule has 1 N–H and O–H groups in total. The number of nitrogens with zero attached hydrogens (tertiary/aromatic N) is 4. The molecule has 1 atom stereocenters. The molecule has 0 fully saturated rings. The largest absolute Gasteiger partial charge is 0.412 e. The van der Waals surface area contributed by atoms with Gasteiger partial charge in [0.25, 0.3) is 5.69 Å². The average molecular weight is 341 g/mol. The summed E-state index contributed by atoms with van der Waals surface area (Å²) in [4.78, 5) is 24.8. The average Bonchev–Trinajstić information content (AvgIpc) is 2.61. The van der Waals surface area contributed by atoms with E-state index in [0.717, 1.165) is 5.56 Å². The maximum absolute atomic E-state index is 12.0. The lowest BCUT2D eigenvalue weighted by atomic mass is 10.1. The van der Waals surface area contributed by atoms with Crippen LogP contribution in [0.25, 0.3) is 10.4 Å². The minimum Gasteiger partial charge on any atom is -0.410 e. The number of benzene rings is 2. The zero-order chi connectivity index (χ0) is 18.1. The number of carbonyl (C=O) groups is 1. The molecule has 0 bridgehead atoms. The van der Waals surface area contributed by atoms with Gasteiger partial charge in [-0.3, -0.25) is 10.1 Å². The van der Waals surface area contributed by atoms with Crippen LogP contribution in [0.2, 0.25) is 0 Å². The first-order chi connectivity index (χ1) is 12.1. The van der Waals surface area contributed by atoms with Crippen LogP contribution < -0.4 is 10.1 Å². The highest BCUT2D eigenvalue weighted by atomic mass is 16.6. The third-order valence-corrected chi connectivity index (χ3v) is 3.27. The molecule has 0 aliphatic carbocycles. The number of amides is 1. The number of rotatable bonds is 7. The highest BCUT2D eigenvalue weighted by Gasteiger charge is 2.14. The van der Waals surface area contributed by atoms with Crippen molar-refractivity contribution in [3.05, 3.63) is 80.7 Å². The monoisotopic (exact) mass is 341 g/mol. The molecule has 2 aromatic rings. The van der Waals surface area contributed by atoms with Gasteiger partial charge in [-0.05, 0) is 29.6 Å². The highest BCUT2D eigenvalue weighted by Crippen LogP contribution is 2.17. The topological polar surface area (TPSA) is 130 Å². The maximum atomic E-state index is 12.0. The van der Waals surface area contributed by atoms with Crippen molar-refractivity contribution in [3.63, 3.8) is 0 Å². The zero-order valence-electron chi connectivity index (χ0n) is 13.1. The van der Waals surface area contributed by atoms with Crippen molar-refractivity contribution in [2.45, 2.75) is 12.5 Å². The normalized spacial score (nSPS) is 11.0. The molecule has 9 heteroatoms. The van der Waals surface area contributed by atoms with Crippen LogP contribution in [0.4, 0.5) is 10.5 Å². The van der Waals surface area contributed by atoms with Crippen LogP contribution in [0.3, 0.4) is 0 Å². The van der Waals surface area contributed by atoms with Gasteiger partial charge in [-0.15, -0.1) is 0 Å². The predicted octanol–water partition coefficient (Wildman–Crippen LogP) is 3.60. The second-order valence-corrected chi connectivity index (χ2v) is 5.08. The molecule has 0 radical (unpaired) electrons. The van der Waals surface area contributed by atoms with Crippen LogP contribution in [0.15, 0.2) is 59.7 Å². The van der Waals surface area contributed by atoms with Crippen molar-refractivity contribution in [2.75, 3.05) is 6.54 Å². The van der Waals surface area contributed by atoms with Crippen molar-refractivity contribution < 1.29 is 14.5 Å². The summed E-state index contributed by atoms with van der Waals surface area (Å²) >= 11 is 0. The van der Waals surface area contributed by atoms with E-state index in [1.165, 1.54) is 24.3 Å². The SMILES string of the molecule is [N-]=[N+]=NC[C@H](Cc1ccccc1)NC(=O)Oc1ccc([N+](=O)[O-])cc1. The van der Waals surface area contributed by atoms with Gasteiger partial charge in [0.15, 0.2) is 0 Å². The van der Waals surface area contributed by atoms with Gasteiger partial charge in [-0.1, -0.05) is 35.4 Å². The third-order valence-electron chi connectivity index (χ3n) is 3.27. The Balaban J connectivity index is 1.98. The molecule has 0 aliphatic heterocycles. The highest BCUT2D eigenvalue weighted by molar-refractivity contribution is 5.70. The van der Waals surface area contributed by atoms with Gasteiger partial charge < -0.3 is 10.1 Å². The van der Waals surface area contributed by atoms with Gasteiger partial charge in [-0.25, -0.2) is 4.79 Å². The molecule has 0 heterocycles. The number of carbonyl (C=O) groups excluding carboxylic acids is 1. The molecule has 1 amide bonds. The molecule has 25 heavy (non-hydrogen) atoms. The van der Waals surface area contributed by atoms with Gasteiger partial charge >= 0.3 is 6.09 Å². The second kappa shape index (κ2) is 8.90. The van der Waals surface area contributed by atoms with Crippen LogP contribution >= 0.6 is 0 Å². The van der Waals surface area contributed by atoms with E-state index in [1.54, 1.807) is 0 Å². The zero-order valence-corrected chi connectivity index (χ0v) is 13.1. The van der Waals surface area contributed by atoms with E-state index in [9.17, 15) is 14.9 Å². The molecular formula is C16H15N5O4. The van der Waals surface area contributed by atoms with Crippen molar-refractivity contribution in [1.29, 1.82) is 0 Å². The summed E-state index contributed by atoms with van der Waals surface area (Å²) in [5, 5.41) is 16.7. The second-order valence-electron chi connectivity index (χ2n) is 5.08. The predicted molar refractivity (Wildman–Crippen MR) is 90.2 cm³/mol. The summed E-state index contributed by atoms with van der Waals surface area (Å²) in [6, 6.07) is 14.1. The fourth-order valence-corrected chi connectivity index (χ4v) is 2.13. The van der Waals surface area contributed by atoms with Crippen LogP contribution in [0, 0.1) is 10.1 Å². The summed E-state index contributed by atoms with van der Waals surface area (Å²) in [5.74, 6) is 0.172. The minimum atomic E-state index is -0.733. The number of azide groups is 1. The first-order valence-corrected chi connectivity index (χ1v) is 7.36. The van der Waals surface area contributed by atoms with Crippen molar-refractivity contribution >= 4 is 11.8 Å². The van der Waals surface area contributed by atoms with E-state index in [2.05, 4.69) is 15.3 Å². The van der Waals surface area contributed by atoms with Crippen molar-refractivity contribution in [3.8, 4) is 5.75 Å². The fraction of sp³-hybridized carbons (Fsp3) is 0.188. The van der Waals surface area contributed by atoms with Gasteiger partial charge in [0.2, 0.25) is 0 Å². The van der Waals surface area contributed by atoms with E-state index >= 15 is 0 Å². The molecular weight excluding hydrogens is 326 g/mol. The molecule has 0 saturated heterocycles. The Labute approximate surface area is 143 Å². The summed E-state index contributed by atoms with van der Waals surface area (Å²) in [6.07, 6.45) is -0.266. The lowest BCUT2D eigenvalue weighted by Gasteiger charge is -2.16. The fourth-order valence-electron chi connectivity index (χ4n) is 2.13. The first kappa shape index (κ1) is 17.8. The van der Waals surface area contributed by atoms with E-state index in [0.29, 0.717) is 6.42 Å². The number of hydrogen-bond donors (Lipinski definition) is 1. The van der Waals surface area contributed by atoms with Gasteiger partial charge in [0, 0.05) is 29.6 Å². The van der Waals surface area contributed by atoms with E-state index in [4.69, 9.17) is 10.3 Å². The molecule has 0 saturated carbocycles. The van der Waals surface area contributed by atoms with E-state index < -0.39 is 17.1 Å². The lowest BCUT2D eigenvalue weighted by Crippen LogP contribution is -2.40. The maximum Gasteiger partial charge on any atom is 0.412 e. The summed E-state index contributed by atoms with van der Waals surface area (Å²) in [5.41, 5.74) is 9.35. The molecule has 2 rings (SSSR count). The number of nitrogens with one attached hydrogen (secondary N) is 1. The quantitative estimate of drug-likeness (QED) is 0.271. The minimum absolute atomic E-state index is 0.0702. The number of ether oxygens (including phenoxy) is 1. The molecule has 2 aromatic carbocycles. The number of non-ortho nitro benzene ring substituents is 1. The Bertz CT molecular complexity index is 773. The van der Waals surface area contributed by atoms with Gasteiger partial charge in [0.1, 0.15) is 5.75 Å². The Kier molecular flexibility index (Phi) is 6.32. The summed E-state index contributed by atoms with van der Waals surface area (Å²) < 4.78 is 5.09. The van der Waals surface area contributed by atoms with Gasteiger partial charge in [-0.2, -0.15) is 0 Å². The molecule has 0 unspecified atom stereocenters. The Morgan fingerprint density at radius 1 is 1.24 bits per heavy atom. The van der Waals surface area contributed by atoms with Crippen LogP contribution in [-0.2, 0) is 6.42 Å². The van der Waals surface area contributed by atoms with E-state index in [-0.39, 0.29) is 18.0 Å². The molecule has 0 aromatic heterocycles.